The fourth-order valence-corrected chi connectivity index (χ4v) is 3.11. The lowest BCUT2D eigenvalue weighted by Crippen LogP contribution is -2.44. The Morgan fingerprint density at radius 1 is 1.32 bits per heavy atom. The molecule has 0 aliphatic carbocycles. The molecule has 0 unspecified atom stereocenters. The van der Waals surface area contributed by atoms with Gasteiger partial charge in [-0.1, -0.05) is 30.3 Å². The van der Waals surface area contributed by atoms with Gasteiger partial charge in [0.2, 0.25) is 5.91 Å². The van der Waals surface area contributed by atoms with Crippen LogP contribution in [0.15, 0.2) is 36.7 Å². The van der Waals surface area contributed by atoms with Gasteiger partial charge in [-0.2, -0.15) is 0 Å². The van der Waals surface area contributed by atoms with E-state index in [-0.39, 0.29) is 12.0 Å². The number of β-amino-alcohol motifs (C(OH)–C–C–N with tert-alkyl or cyclic N) is 1. The van der Waals surface area contributed by atoms with E-state index in [1.54, 1.807) is 6.33 Å². The second-order valence-corrected chi connectivity index (χ2v) is 6.48. The zero-order valence-corrected chi connectivity index (χ0v) is 14.3. The van der Waals surface area contributed by atoms with Gasteiger partial charge in [0.25, 0.3) is 0 Å². The molecule has 7 nitrogen and oxygen atoms in total. The van der Waals surface area contributed by atoms with E-state index in [0.717, 1.165) is 38.2 Å². The highest BCUT2D eigenvalue weighted by atomic mass is 16.3. The van der Waals surface area contributed by atoms with Gasteiger partial charge in [0.1, 0.15) is 6.33 Å². The van der Waals surface area contributed by atoms with E-state index in [1.807, 2.05) is 27.7 Å². The molecule has 0 radical (unpaired) electrons. The van der Waals surface area contributed by atoms with Crippen molar-refractivity contribution >= 4 is 5.91 Å². The van der Waals surface area contributed by atoms with Crippen LogP contribution < -0.4 is 5.32 Å². The molecule has 1 saturated heterocycles. The molecule has 2 aromatic rings. The largest absolute Gasteiger partial charge is 0.392 e. The van der Waals surface area contributed by atoms with Crippen LogP contribution in [0.25, 0.3) is 0 Å². The molecule has 134 valence electrons. The van der Waals surface area contributed by atoms with Crippen LogP contribution >= 0.6 is 0 Å². The van der Waals surface area contributed by atoms with Gasteiger partial charge in [-0.05, 0) is 31.4 Å². The number of nitrogens with zero attached hydrogens (tertiary/aromatic N) is 4. The SMILES string of the molecule is O=C(CN1CCC[C@@H](O)C1)NCc1nncn1CCc1ccccc1. The van der Waals surface area contributed by atoms with Gasteiger partial charge in [0.15, 0.2) is 5.82 Å². The normalized spacial score (nSPS) is 18.2. The van der Waals surface area contributed by atoms with Crippen molar-refractivity contribution in [1.82, 2.24) is 25.0 Å². The number of rotatable bonds is 7. The van der Waals surface area contributed by atoms with Crippen LogP contribution in [0.3, 0.4) is 0 Å². The van der Waals surface area contributed by atoms with Crippen LogP contribution in [0.1, 0.15) is 24.2 Å². The summed E-state index contributed by atoms with van der Waals surface area (Å²) in [6, 6.07) is 10.3. The first-order chi connectivity index (χ1) is 12.2. The van der Waals surface area contributed by atoms with Gasteiger partial charge in [-0.15, -0.1) is 10.2 Å². The third-order valence-electron chi connectivity index (χ3n) is 4.47. The van der Waals surface area contributed by atoms with Crippen molar-refractivity contribution in [2.45, 2.75) is 38.5 Å². The molecule has 1 aliphatic rings. The van der Waals surface area contributed by atoms with Gasteiger partial charge in [-0.3, -0.25) is 9.69 Å². The zero-order chi connectivity index (χ0) is 17.5. The Hall–Kier alpha value is -2.25. The molecule has 2 N–H and O–H groups in total. The minimum absolute atomic E-state index is 0.0493. The predicted molar refractivity (Wildman–Crippen MR) is 93.7 cm³/mol. The molecule has 1 amide bonds. The van der Waals surface area contributed by atoms with E-state index in [9.17, 15) is 9.90 Å². The summed E-state index contributed by atoms with van der Waals surface area (Å²) in [6.07, 6.45) is 4.03. The Morgan fingerprint density at radius 3 is 2.96 bits per heavy atom. The van der Waals surface area contributed by atoms with Crippen LogP contribution in [0.5, 0.6) is 0 Å². The molecule has 0 bridgehead atoms. The highest BCUT2D eigenvalue weighted by Crippen LogP contribution is 2.09. The maximum absolute atomic E-state index is 12.1. The smallest absolute Gasteiger partial charge is 0.234 e. The maximum Gasteiger partial charge on any atom is 0.234 e. The molecule has 1 aromatic carbocycles. The molecule has 0 spiro atoms. The molecule has 0 saturated carbocycles. The summed E-state index contributed by atoms with van der Waals surface area (Å²) in [6.45, 7) is 2.89. The topological polar surface area (TPSA) is 83.3 Å². The van der Waals surface area contributed by atoms with Crippen molar-refractivity contribution in [3.8, 4) is 0 Å². The molecule has 3 rings (SSSR count). The average molecular weight is 343 g/mol. The Morgan fingerprint density at radius 2 is 2.16 bits per heavy atom. The van der Waals surface area contributed by atoms with E-state index in [4.69, 9.17) is 0 Å². The number of carbonyl (C=O) groups excluding carboxylic acids is 1. The molecule has 1 aromatic heterocycles. The summed E-state index contributed by atoms with van der Waals surface area (Å²) in [7, 11) is 0. The molecule has 2 heterocycles. The number of aryl methyl sites for hydroxylation is 2. The van der Waals surface area contributed by atoms with Crippen molar-refractivity contribution in [2.75, 3.05) is 19.6 Å². The lowest BCUT2D eigenvalue weighted by Gasteiger charge is -2.29. The van der Waals surface area contributed by atoms with Crippen LogP contribution in [0.4, 0.5) is 0 Å². The summed E-state index contributed by atoms with van der Waals surface area (Å²) in [5, 5.41) is 20.6. The van der Waals surface area contributed by atoms with Crippen molar-refractivity contribution in [3.63, 3.8) is 0 Å². The molecule has 1 fully saturated rings. The van der Waals surface area contributed by atoms with Crippen molar-refractivity contribution in [2.24, 2.45) is 0 Å². The predicted octanol–water partition coefficient (Wildman–Crippen LogP) is 0.594. The monoisotopic (exact) mass is 343 g/mol. The molecular weight excluding hydrogens is 318 g/mol. The second-order valence-electron chi connectivity index (χ2n) is 6.48. The number of amides is 1. The summed E-state index contributed by atoms with van der Waals surface area (Å²) in [4.78, 5) is 14.1. The van der Waals surface area contributed by atoms with Gasteiger partial charge >= 0.3 is 0 Å². The number of piperidine rings is 1. The number of carbonyl (C=O) groups is 1. The lowest BCUT2D eigenvalue weighted by atomic mass is 10.1. The zero-order valence-electron chi connectivity index (χ0n) is 14.3. The molecule has 1 atom stereocenters. The number of likely N-dealkylation sites (tertiary alicyclic amines) is 1. The van der Waals surface area contributed by atoms with E-state index < -0.39 is 0 Å². The third-order valence-corrected chi connectivity index (χ3v) is 4.47. The van der Waals surface area contributed by atoms with Crippen LogP contribution in [0.2, 0.25) is 0 Å². The Bertz CT molecular complexity index is 673. The Labute approximate surface area is 147 Å². The second kappa shape index (κ2) is 8.73. The first-order valence-corrected chi connectivity index (χ1v) is 8.78. The number of aromatic nitrogens is 3. The summed E-state index contributed by atoms with van der Waals surface area (Å²) < 4.78 is 1.97. The van der Waals surface area contributed by atoms with E-state index >= 15 is 0 Å². The third kappa shape index (κ3) is 5.37. The van der Waals surface area contributed by atoms with Crippen molar-refractivity contribution in [1.29, 1.82) is 0 Å². The maximum atomic E-state index is 12.1. The average Bonchev–Trinajstić information content (AvgIpc) is 3.06. The van der Waals surface area contributed by atoms with Gasteiger partial charge in [0.05, 0.1) is 19.2 Å². The van der Waals surface area contributed by atoms with Crippen LogP contribution in [0, 0.1) is 0 Å². The summed E-state index contributed by atoms with van der Waals surface area (Å²) in [5.41, 5.74) is 1.26. The number of aliphatic hydroxyl groups excluding tert-OH is 1. The van der Waals surface area contributed by atoms with Crippen molar-refractivity contribution < 1.29 is 9.90 Å². The fourth-order valence-electron chi connectivity index (χ4n) is 3.11. The summed E-state index contributed by atoms with van der Waals surface area (Å²) in [5.74, 6) is 0.703. The molecule has 7 heteroatoms. The number of hydrogen-bond acceptors (Lipinski definition) is 5. The van der Waals surface area contributed by atoms with E-state index in [2.05, 4.69) is 27.6 Å². The summed E-state index contributed by atoms with van der Waals surface area (Å²) >= 11 is 0. The van der Waals surface area contributed by atoms with Crippen molar-refractivity contribution in [3.05, 3.63) is 48.0 Å². The minimum atomic E-state index is -0.317. The number of benzene rings is 1. The Kier molecular flexibility index (Phi) is 6.14. The number of aliphatic hydroxyl groups is 1. The standard InChI is InChI=1S/C18H25N5O2/c24-16-7-4-9-22(12-16)13-18(25)19-11-17-21-20-14-23(17)10-8-15-5-2-1-3-6-15/h1-3,5-6,14,16,24H,4,7-13H2,(H,19,25)/t16-/m1/s1. The quantitative estimate of drug-likeness (QED) is 0.769. The highest BCUT2D eigenvalue weighted by molar-refractivity contribution is 5.77. The lowest BCUT2D eigenvalue weighted by molar-refractivity contribution is -0.123. The molecule has 1 aliphatic heterocycles. The van der Waals surface area contributed by atoms with Gasteiger partial charge < -0.3 is 15.0 Å². The first-order valence-electron chi connectivity index (χ1n) is 8.78. The van der Waals surface area contributed by atoms with Gasteiger partial charge in [-0.25, -0.2) is 0 Å². The fraction of sp³-hybridized carbons (Fsp3) is 0.500. The highest BCUT2D eigenvalue weighted by Gasteiger charge is 2.19. The van der Waals surface area contributed by atoms with Crippen LogP contribution in [-0.2, 0) is 24.3 Å². The molecule has 25 heavy (non-hydrogen) atoms. The molecular formula is C18H25N5O2. The minimum Gasteiger partial charge on any atom is -0.392 e. The van der Waals surface area contributed by atoms with E-state index in [0.29, 0.717) is 19.6 Å². The number of hydrogen-bond donors (Lipinski definition) is 2. The van der Waals surface area contributed by atoms with E-state index in [1.165, 1.54) is 5.56 Å². The van der Waals surface area contributed by atoms with Gasteiger partial charge in [0, 0.05) is 13.1 Å². The Balaban J connectivity index is 1.45. The van der Waals surface area contributed by atoms with Crippen LogP contribution in [-0.4, -0.2) is 56.4 Å². The number of nitrogens with one attached hydrogen (secondary N) is 1. The first kappa shape index (κ1) is 17.6.